The molecule has 3 rings (SSSR count). The lowest BCUT2D eigenvalue weighted by Crippen LogP contribution is -2.41. The minimum atomic E-state index is -0.514. The molecule has 5 nitrogen and oxygen atoms in total. The maximum absolute atomic E-state index is 13.9. The molecule has 1 aromatic heterocycles. The molecule has 0 aliphatic carbocycles. The number of rotatable bonds is 4. The van der Waals surface area contributed by atoms with Crippen LogP contribution in [0.4, 0.5) is 4.39 Å². The first kappa shape index (κ1) is 16.5. The molecule has 1 saturated heterocycles. The molecular weight excluding hydrogens is 309 g/mol. The van der Waals surface area contributed by atoms with Crippen molar-refractivity contribution in [2.45, 2.75) is 32.2 Å². The van der Waals surface area contributed by atoms with Crippen molar-refractivity contribution in [2.24, 2.45) is 0 Å². The van der Waals surface area contributed by atoms with Gasteiger partial charge in [0.2, 0.25) is 0 Å². The summed E-state index contributed by atoms with van der Waals surface area (Å²) in [7, 11) is 1.41. The number of nitrogens with zero attached hydrogens (tertiary/aromatic N) is 3. The molecule has 0 radical (unpaired) electrons. The molecule has 0 saturated carbocycles. The van der Waals surface area contributed by atoms with E-state index in [4.69, 9.17) is 4.74 Å². The van der Waals surface area contributed by atoms with Crippen molar-refractivity contribution in [1.82, 2.24) is 14.5 Å². The van der Waals surface area contributed by atoms with E-state index in [1.54, 1.807) is 17.2 Å². The zero-order valence-corrected chi connectivity index (χ0v) is 14.0. The minimum absolute atomic E-state index is 0.139. The molecule has 0 bridgehead atoms. The van der Waals surface area contributed by atoms with Crippen molar-refractivity contribution in [3.8, 4) is 5.75 Å². The van der Waals surface area contributed by atoms with Crippen molar-refractivity contribution in [3.05, 3.63) is 47.8 Å². The number of aromatic nitrogens is 2. The molecule has 1 aliphatic heterocycles. The molecule has 1 amide bonds. The number of hydrogen-bond donors (Lipinski definition) is 0. The molecule has 1 aromatic carbocycles. The molecule has 0 N–H and O–H groups in total. The fraction of sp³-hybridized carbons (Fsp3) is 0.444. The topological polar surface area (TPSA) is 47.4 Å². The fourth-order valence-electron chi connectivity index (χ4n) is 3.30. The maximum atomic E-state index is 13.9. The number of benzene rings is 1. The number of halogens is 1. The number of hydrogen-bond acceptors (Lipinski definition) is 3. The molecular formula is C18H22FN3O2. The van der Waals surface area contributed by atoms with Crippen molar-refractivity contribution in [2.75, 3.05) is 20.2 Å². The predicted octanol–water partition coefficient (Wildman–Crippen LogP) is 3.07. The molecule has 1 fully saturated rings. The highest BCUT2D eigenvalue weighted by atomic mass is 19.1. The van der Waals surface area contributed by atoms with Crippen LogP contribution >= 0.6 is 0 Å². The van der Waals surface area contributed by atoms with E-state index in [2.05, 4.69) is 16.5 Å². The van der Waals surface area contributed by atoms with Gasteiger partial charge in [-0.2, -0.15) is 0 Å². The summed E-state index contributed by atoms with van der Waals surface area (Å²) >= 11 is 0. The fourth-order valence-corrected chi connectivity index (χ4v) is 3.30. The molecule has 2 heterocycles. The van der Waals surface area contributed by atoms with E-state index in [1.165, 1.54) is 19.2 Å². The van der Waals surface area contributed by atoms with Gasteiger partial charge in [-0.05, 0) is 31.0 Å². The summed E-state index contributed by atoms with van der Waals surface area (Å²) in [6.45, 7) is 3.39. The van der Waals surface area contributed by atoms with Gasteiger partial charge in [-0.25, -0.2) is 9.37 Å². The van der Waals surface area contributed by atoms with Gasteiger partial charge in [-0.15, -0.1) is 0 Å². The summed E-state index contributed by atoms with van der Waals surface area (Å²) in [6, 6.07) is 4.58. The first-order valence-electron chi connectivity index (χ1n) is 8.28. The van der Waals surface area contributed by atoms with Gasteiger partial charge in [0.05, 0.1) is 13.2 Å². The quantitative estimate of drug-likeness (QED) is 0.865. The first-order valence-corrected chi connectivity index (χ1v) is 8.28. The normalized spacial score (nSPS) is 17.8. The van der Waals surface area contributed by atoms with Crippen molar-refractivity contribution < 1.29 is 13.9 Å². The second kappa shape index (κ2) is 7.03. The van der Waals surface area contributed by atoms with Crippen LogP contribution in [-0.2, 0) is 6.42 Å². The van der Waals surface area contributed by atoms with Gasteiger partial charge in [0, 0.05) is 37.5 Å². The molecule has 2 aromatic rings. The molecule has 1 aliphatic rings. The van der Waals surface area contributed by atoms with Crippen LogP contribution in [0.5, 0.6) is 5.75 Å². The highest BCUT2D eigenvalue weighted by Gasteiger charge is 2.26. The van der Waals surface area contributed by atoms with Crippen LogP contribution in [0, 0.1) is 5.82 Å². The second-order valence-corrected chi connectivity index (χ2v) is 6.00. The number of likely N-dealkylation sites (tertiary alicyclic amines) is 1. The number of carbonyl (C=O) groups is 1. The zero-order chi connectivity index (χ0) is 17.1. The smallest absolute Gasteiger partial charge is 0.254 e. The van der Waals surface area contributed by atoms with E-state index in [-0.39, 0.29) is 17.7 Å². The van der Waals surface area contributed by atoms with E-state index >= 15 is 0 Å². The lowest BCUT2D eigenvalue weighted by molar-refractivity contribution is 0.0677. The van der Waals surface area contributed by atoms with Gasteiger partial charge in [0.15, 0.2) is 11.6 Å². The van der Waals surface area contributed by atoms with Crippen molar-refractivity contribution in [3.63, 3.8) is 0 Å². The Labute approximate surface area is 141 Å². The molecule has 6 heteroatoms. The van der Waals surface area contributed by atoms with Gasteiger partial charge in [0.1, 0.15) is 5.82 Å². The Balaban J connectivity index is 1.77. The minimum Gasteiger partial charge on any atom is -0.494 e. The summed E-state index contributed by atoms with van der Waals surface area (Å²) in [4.78, 5) is 18.9. The Bertz CT molecular complexity index is 729. The zero-order valence-electron chi connectivity index (χ0n) is 14.0. The maximum Gasteiger partial charge on any atom is 0.254 e. The Morgan fingerprint density at radius 2 is 2.29 bits per heavy atom. The van der Waals surface area contributed by atoms with Gasteiger partial charge >= 0.3 is 0 Å². The largest absolute Gasteiger partial charge is 0.494 e. The van der Waals surface area contributed by atoms with Crippen molar-refractivity contribution in [1.29, 1.82) is 0 Å². The molecule has 0 spiro atoms. The van der Waals surface area contributed by atoms with Crippen LogP contribution in [0.15, 0.2) is 30.6 Å². The molecule has 1 atom stereocenters. The Hall–Kier alpha value is -2.37. The highest BCUT2D eigenvalue weighted by molar-refractivity contribution is 5.94. The SMILES string of the molecule is CCc1nccn1C1CCCN(C(=O)c2ccc(OC)c(F)c2)C1. The monoisotopic (exact) mass is 331 g/mol. The van der Waals surface area contributed by atoms with Gasteiger partial charge < -0.3 is 14.2 Å². The Kier molecular flexibility index (Phi) is 4.83. The summed E-state index contributed by atoms with van der Waals surface area (Å²) in [6.07, 6.45) is 6.59. The number of imidazole rings is 1. The van der Waals surface area contributed by atoms with E-state index in [1.807, 2.05) is 6.20 Å². The van der Waals surface area contributed by atoms with E-state index < -0.39 is 5.82 Å². The van der Waals surface area contributed by atoms with Gasteiger partial charge in [-0.3, -0.25) is 4.79 Å². The second-order valence-electron chi connectivity index (χ2n) is 6.00. The summed E-state index contributed by atoms with van der Waals surface area (Å²) in [5, 5.41) is 0. The Morgan fingerprint density at radius 1 is 1.46 bits per heavy atom. The van der Waals surface area contributed by atoms with Crippen LogP contribution in [-0.4, -0.2) is 40.6 Å². The average molecular weight is 331 g/mol. The van der Waals surface area contributed by atoms with Crippen LogP contribution in [0.3, 0.4) is 0 Å². The number of methoxy groups -OCH3 is 1. The number of carbonyl (C=O) groups excluding carboxylic acids is 1. The van der Waals surface area contributed by atoms with Crippen LogP contribution in [0.25, 0.3) is 0 Å². The van der Waals surface area contributed by atoms with Crippen LogP contribution in [0.2, 0.25) is 0 Å². The van der Waals surface area contributed by atoms with Gasteiger partial charge in [-0.1, -0.05) is 6.92 Å². The number of piperidine rings is 1. The van der Waals surface area contributed by atoms with E-state index in [9.17, 15) is 9.18 Å². The molecule has 1 unspecified atom stereocenters. The summed E-state index contributed by atoms with van der Waals surface area (Å²) in [5.74, 6) is 0.526. The summed E-state index contributed by atoms with van der Waals surface area (Å²) < 4.78 is 20.9. The third kappa shape index (κ3) is 3.13. The van der Waals surface area contributed by atoms with Crippen molar-refractivity contribution >= 4 is 5.91 Å². The van der Waals surface area contributed by atoms with E-state index in [0.717, 1.165) is 25.1 Å². The van der Waals surface area contributed by atoms with Crippen LogP contribution < -0.4 is 4.74 Å². The highest BCUT2D eigenvalue weighted by Crippen LogP contribution is 2.25. The third-order valence-electron chi connectivity index (χ3n) is 4.54. The predicted molar refractivity (Wildman–Crippen MR) is 88.7 cm³/mol. The van der Waals surface area contributed by atoms with Gasteiger partial charge in [0.25, 0.3) is 5.91 Å². The number of amides is 1. The lowest BCUT2D eigenvalue weighted by atomic mass is 10.0. The van der Waals surface area contributed by atoms with E-state index in [0.29, 0.717) is 18.7 Å². The van der Waals surface area contributed by atoms with Crippen LogP contribution in [0.1, 0.15) is 42.0 Å². The average Bonchev–Trinajstić information content (AvgIpc) is 3.10. The molecule has 128 valence electrons. The lowest BCUT2D eigenvalue weighted by Gasteiger charge is -2.34. The third-order valence-corrected chi connectivity index (χ3v) is 4.54. The summed E-state index contributed by atoms with van der Waals surface area (Å²) in [5.41, 5.74) is 0.357. The first-order chi connectivity index (χ1) is 11.6. The Morgan fingerprint density at radius 3 is 3.00 bits per heavy atom. The number of ether oxygens (including phenoxy) is 1. The molecule has 24 heavy (non-hydrogen) atoms. The standard InChI is InChI=1S/C18H22FN3O2/c1-3-17-20-8-10-22(17)14-5-4-9-21(12-14)18(23)13-6-7-16(24-2)15(19)11-13/h6-8,10-11,14H,3-5,9,12H2,1-2H3. The number of aryl methyl sites for hydroxylation is 1.